The molecule has 0 unspecified atom stereocenters. The number of aromatic nitrogens is 3. The summed E-state index contributed by atoms with van der Waals surface area (Å²) in [6, 6.07) is 17.1. The van der Waals surface area contributed by atoms with Crippen LogP contribution < -0.4 is 10.9 Å². The monoisotopic (exact) mass is 378 g/mol. The van der Waals surface area contributed by atoms with Gasteiger partial charge in [0, 0.05) is 5.69 Å². The largest absolute Gasteiger partial charge is 0.325 e. The van der Waals surface area contributed by atoms with Crippen LogP contribution in [0.3, 0.4) is 0 Å². The highest BCUT2D eigenvalue weighted by molar-refractivity contribution is 7.99. The van der Waals surface area contributed by atoms with Gasteiger partial charge in [0.15, 0.2) is 10.9 Å². The van der Waals surface area contributed by atoms with Crippen LogP contribution in [0.5, 0.6) is 0 Å². The summed E-state index contributed by atoms with van der Waals surface area (Å²) >= 11 is 1.13. The molecule has 1 aromatic heterocycles. The maximum atomic E-state index is 12.1. The minimum Gasteiger partial charge on any atom is -0.325 e. The molecule has 0 bridgehead atoms. The molecule has 1 heterocycles. The van der Waals surface area contributed by atoms with Crippen LogP contribution in [0.2, 0.25) is 0 Å². The van der Waals surface area contributed by atoms with Crippen LogP contribution in [0.1, 0.15) is 16.8 Å². The van der Waals surface area contributed by atoms with E-state index in [0.29, 0.717) is 5.16 Å². The van der Waals surface area contributed by atoms with E-state index in [0.717, 1.165) is 28.6 Å². The number of hydrogen-bond donors (Lipinski definition) is 2. The molecule has 0 saturated carbocycles. The molecule has 0 fully saturated rings. The Labute approximate surface area is 160 Å². The highest BCUT2D eigenvalue weighted by Gasteiger charge is 2.08. The van der Waals surface area contributed by atoms with Crippen LogP contribution in [0.25, 0.3) is 12.2 Å². The lowest BCUT2D eigenvalue weighted by Gasteiger charge is -2.07. The van der Waals surface area contributed by atoms with Gasteiger partial charge in [-0.3, -0.25) is 14.6 Å². The van der Waals surface area contributed by atoms with Gasteiger partial charge in [-0.25, -0.2) is 0 Å². The summed E-state index contributed by atoms with van der Waals surface area (Å²) in [7, 11) is 0. The molecule has 0 radical (unpaired) electrons. The molecule has 0 aliphatic rings. The van der Waals surface area contributed by atoms with E-state index in [1.54, 1.807) is 12.2 Å². The topological polar surface area (TPSA) is 87.7 Å². The van der Waals surface area contributed by atoms with E-state index in [2.05, 4.69) is 20.5 Å². The molecule has 0 aliphatic heterocycles. The van der Waals surface area contributed by atoms with Gasteiger partial charge >= 0.3 is 0 Å². The lowest BCUT2D eigenvalue weighted by Crippen LogP contribution is -2.17. The van der Waals surface area contributed by atoms with Crippen molar-refractivity contribution < 1.29 is 4.79 Å². The van der Waals surface area contributed by atoms with Gasteiger partial charge in [0.25, 0.3) is 5.56 Å². The van der Waals surface area contributed by atoms with Crippen molar-refractivity contribution in [2.45, 2.75) is 12.1 Å². The maximum Gasteiger partial charge on any atom is 0.277 e. The number of hydrogen-bond acceptors (Lipinski definition) is 5. The second-order valence-corrected chi connectivity index (χ2v) is 6.70. The number of amides is 1. The number of thioether (sulfide) groups is 1. The van der Waals surface area contributed by atoms with E-state index in [4.69, 9.17) is 0 Å². The van der Waals surface area contributed by atoms with Crippen molar-refractivity contribution in [3.63, 3.8) is 0 Å². The lowest BCUT2D eigenvalue weighted by atomic mass is 10.2. The van der Waals surface area contributed by atoms with Gasteiger partial charge in [-0.05, 0) is 30.2 Å². The number of para-hydroxylation sites is 1. The quantitative estimate of drug-likeness (QED) is 0.642. The van der Waals surface area contributed by atoms with Crippen LogP contribution in [-0.2, 0) is 4.79 Å². The van der Waals surface area contributed by atoms with Crippen molar-refractivity contribution in [2.24, 2.45) is 0 Å². The number of nitrogens with zero attached hydrogens (tertiary/aromatic N) is 2. The summed E-state index contributed by atoms with van der Waals surface area (Å²) in [6.45, 7) is 1.92. The fourth-order valence-electron chi connectivity index (χ4n) is 2.28. The first-order valence-corrected chi connectivity index (χ1v) is 9.29. The number of H-pyrrole nitrogens is 1. The van der Waals surface area contributed by atoms with E-state index < -0.39 is 0 Å². The van der Waals surface area contributed by atoms with Gasteiger partial charge in [0.05, 0.1) is 5.75 Å². The standard InChI is InChI=1S/C20H18N4O2S/c1-14-7-5-6-10-16(14)21-18(25)13-27-20-22-19(26)17(23-24-20)12-11-15-8-3-2-4-9-15/h2-12H,13H2,1H3,(H,21,25)(H,22,24,26)/b12-11+. The normalized spacial score (nSPS) is 10.9. The number of nitrogens with one attached hydrogen (secondary N) is 2. The SMILES string of the molecule is Cc1ccccc1NC(=O)CSc1nnc(/C=C/c2ccccc2)c(=O)[nH]1. The molecule has 7 heteroatoms. The number of carbonyl (C=O) groups excluding carboxylic acids is 1. The van der Waals surface area contributed by atoms with Crippen molar-refractivity contribution in [3.8, 4) is 0 Å². The molecular formula is C20H18N4O2S. The van der Waals surface area contributed by atoms with Gasteiger partial charge in [-0.15, -0.1) is 10.2 Å². The summed E-state index contributed by atoms with van der Waals surface area (Å²) in [5, 5.41) is 11.0. The first-order valence-electron chi connectivity index (χ1n) is 8.30. The number of benzene rings is 2. The van der Waals surface area contributed by atoms with Crippen molar-refractivity contribution in [3.05, 3.63) is 81.8 Å². The predicted molar refractivity (Wildman–Crippen MR) is 109 cm³/mol. The number of aryl methyl sites for hydroxylation is 1. The average molecular weight is 378 g/mol. The Kier molecular flexibility index (Phi) is 6.17. The number of rotatable bonds is 6. The number of aromatic amines is 1. The van der Waals surface area contributed by atoms with E-state index in [9.17, 15) is 9.59 Å². The third-order valence-corrected chi connectivity index (χ3v) is 4.56. The second kappa shape index (κ2) is 8.95. The second-order valence-electron chi connectivity index (χ2n) is 5.74. The zero-order chi connectivity index (χ0) is 19.1. The number of carbonyl (C=O) groups is 1. The Morgan fingerprint density at radius 1 is 1.07 bits per heavy atom. The van der Waals surface area contributed by atoms with Gasteiger partial charge in [0.1, 0.15) is 0 Å². The average Bonchev–Trinajstić information content (AvgIpc) is 2.68. The van der Waals surface area contributed by atoms with Crippen molar-refractivity contribution in [1.82, 2.24) is 15.2 Å². The molecule has 0 saturated heterocycles. The third kappa shape index (κ3) is 5.39. The Hall–Kier alpha value is -3.19. The molecule has 27 heavy (non-hydrogen) atoms. The first kappa shape index (κ1) is 18.6. The molecule has 2 aromatic carbocycles. The predicted octanol–water partition coefficient (Wildman–Crippen LogP) is 3.37. The molecule has 0 atom stereocenters. The zero-order valence-electron chi connectivity index (χ0n) is 14.7. The summed E-state index contributed by atoms with van der Waals surface area (Å²) < 4.78 is 0. The highest BCUT2D eigenvalue weighted by Crippen LogP contribution is 2.15. The fraction of sp³-hybridized carbons (Fsp3) is 0.100. The first-order chi connectivity index (χ1) is 13.1. The zero-order valence-corrected chi connectivity index (χ0v) is 15.5. The molecular weight excluding hydrogens is 360 g/mol. The Morgan fingerprint density at radius 2 is 1.81 bits per heavy atom. The molecule has 1 amide bonds. The van der Waals surface area contributed by atoms with E-state index >= 15 is 0 Å². The Bertz CT molecular complexity index is 1020. The van der Waals surface area contributed by atoms with Gasteiger partial charge in [0.2, 0.25) is 5.91 Å². The lowest BCUT2D eigenvalue weighted by molar-refractivity contribution is -0.113. The third-order valence-electron chi connectivity index (χ3n) is 3.69. The fourth-order valence-corrected chi connectivity index (χ4v) is 2.88. The van der Waals surface area contributed by atoms with E-state index in [1.165, 1.54) is 0 Å². The van der Waals surface area contributed by atoms with Gasteiger partial charge < -0.3 is 5.32 Å². The van der Waals surface area contributed by atoms with Crippen LogP contribution in [-0.4, -0.2) is 26.8 Å². The molecule has 0 aliphatic carbocycles. The molecule has 0 spiro atoms. The molecule has 6 nitrogen and oxygen atoms in total. The smallest absolute Gasteiger partial charge is 0.277 e. The molecule has 3 aromatic rings. The summed E-state index contributed by atoms with van der Waals surface area (Å²) in [5.74, 6) is -0.0528. The van der Waals surface area contributed by atoms with Crippen LogP contribution >= 0.6 is 11.8 Å². The van der Waals surface area contributed by atoms with Crippen molar-refractivity contribution in [2.75, 3.05) is 11.1 Å². The van der Waals surface area contributed by atoms with Crippen LogP contribution in [0.15, 0.2) is 64.5 Å². The highest BCUT2D eigenvalue weighted by atomic mass is 32.2. The summed E-state index contributed by atoms with van der Waals surface area (Å²) in [4.78, 5) is 26.8. The molecule has 2 N–H and O–H groups in total. The Morgan fingerprint density at radius 3 is 2.56 bits per heavy atom. The minimum absolute atomic E-state index is 0.123. The minimum atomic E-state index is -0.348. The van der Waals surface area contributed by atoms with Crippen LogP contribution in [0.4, 0.5) is 5.69 Å². The summed E-state index contributed by atoms with van der Waals surface area (Å²) in [6.07, 6.45) is 3.40. The van der Waals surface area contributed by atoms with Gasteiger partial charge in [-0.2, -0.15) is 0 Å². The maximum absolute atomic E-state index is 12.1. The number of anilines is 1. The van der Waals surface area contributed by atoms with Crippen molar-refractivity contribution >= 4 is 35.5 Å². The Balaban J connectivity index is 1.59. The molecule has 3 rings (SSSR count). The molecule has 136 valence electrons. The van der Waals surface area contributed by atoms with E-state index in [-0.39, 0.29) is 22.9 Å². The van der Waals surface area contributed by atoms with Crippen molar-refractivity contribution in [1.29, 1.82) is 0 Å². The van der Waals surface area contributed by atoms with E-state index in [1.807, 2.05) is 61.5 Å². The summed E-state index contributed by atoms with van der Waals surface area (Å²) in [5.41, 5.74) is 2.58. The van der Waals surface area contributed by atoms with Crippen LogP contribution in [0, 0.1) is 6.92 Å². The van der Waals surface area contributed by atoms with Gasteiger partial charge in [-0.1, -0.05) is 66.4 Å².